The van der Waals surface area contributed by atoms with Crippen molar-refractivity contribution in [2.24, 2.45) is 11.1 Å². The minimum atomic E-state index is -0.542. The van der Waals surface area contributed by atoms with Crippen LogP contribution >= 0.6 is 0 Å². The Balaban J connectivity index is 3.80. The first-order chi connectivity index (χ1) is 4.81. The molecule has 0 aromatic rings. The van der Waals surface area contributed by atoms with Gasteiger partial charge in [-0.2, -0.15) is 0 Å². The van der Waals surface area contributed by atoms with Gasteiger partial charge in [0.05, 0.1) is 6.42 Å². The van der Waals surface area contributed by atoms with Crippen molar-refractivity contribution >= 4 is 11.7 Å². The van der Waals surface area contributed by atoms with E-state index in [-0.39, 0.29) is 17.6 Å². The van der Waals surface area contributed by atoms with Gasteiger partial charge in [0.2, 0.25) is 5.91 Å². The first-order valence-corrected chi connectivity index (χ1v) is 3.61. The lowest BCUT2D eigenvalue weighted by Crippen LogP contribution is -2.20. The molecule has 0 unspecified atom stereocenters. The Morgan fingerprint density at radius 3 is 2.00 bits per heavy atom. The van der Waals surface area contributed by atoms with E-state index in [2.05, 4.69) is 0 Å². The predicted molar refractivity (Wildman–Crippen MR) is 42.9 cm³/mol. The van der Waals surface area contributed by atoms with E-state index < -0.39 is 5.91 Å². The lowest BCUT2D eigenvalue weighted by Gasteiger charge is -2.15. The maximum absolute atomic E-state index is 11.0. The summed E-state index contributed by atoms with van der Waals surface area (Å²) in [6, 6.07) is 0. The van der Waals surface area contributed by atoms with Crippen LogP contribution < -0.4 is 5.73 Å². The van der Waals surface area contributed by atoms with Gasteiger partial charge in [-0.1, -0.05) is 20.8 Å². The third kappa shape index (κ3) is 7.03. The van der Waals surface area contributed by atoms with Crippen LogP contribution in [-0.2, 0) is 9.59 Å². The summed E-state index contributed by atoms with van der Waals surface area (Å²) < 4.78 is 0. The van der Waals surface area contributed by atoms with E-state index in [1.807, 2.05) is 20.8 Å². The number of nitrogens with two attached hydrogens (primary N) is 1. The summed E-state index contributed by atoms with van der Waals surface area (Å²) in [7, 11) is 0. The molecule has 2 N–H and O–H groups in total. The zero-order chi connectivity index (χ0) is 9.07. The van der Waals surface area contributed by atoms with E-state index in [1.54, 1.807) is 0 Å². The molecule has 11 heavy (non-hydrogen) atoms. The maximum Gasteiger partial charge on any atom is 0.224 e. The number of Topliss-reactive ketones (excluding diaryl/α,β-unsaturated/α-hetero) is 1. The molecule has 0 saturated heterocycles. The number of rotatable bonds is 3. The van der Waals surface area contributed by atoms with E-state index in [9.17, 15) is 9.59 Å². The molecule has 3 heteroatoms. The highest BCUT2D eigenvalue weighted by atomic mass is 16.2. The highest BCUT2D eigenvalue weighted by molar-refractivity contribution is 5.97. The van der Waals surface area contributed by atoms with E-state index in [0.717, 1.165) is 0 Å². The van der Waals surface area contributed by atoms with E-state index in [0.29, 0.717) is 6.42 Å². The molecular formula is C8H15NO2. The second kappa shape index (κ2) is 3.51. The average Bonchev–Trinajstić information content (AvgIpc) is 1.53. The molecular weight excluding hydrogens is 142 g/mol. The number of carbonyl (C=O) groups is 2. The van der Waals surface area contributed by atoms with Crippen molar-refractivity contribution in [3.8, 4) is 0 Å². The molecule has 0 aromatic carbocycles. The monoisotopic (exact) mass is 157 g/mol. The largest absolute Gasteiger partial charge is 0.369 e. The summed E-state index contributed by atoms with van der Waals surface area (Å²) in [6.07, 6.45) is 0.285. The summed E-state index contributed by atoms with van der Waals surface area (Å²) >= 11 is 0. The molecule has 0 spiro atoms. The molecule has 0 saturated carbocycles. The molecule has 0 aliphatic carbocycles. The fourth-order valence-corrected chi connectivity index (χ4v) is 0.848. The minimum Gasteiger partial charge on any atom is -0.369 e. The number of primary amides is 1. The highest BCUT2D eigenvalue weighted by Gasteiger charge is 2.16. The van der Waals surface area contributed by atoms with Crippen LogP contribution in [0, 0.1) is 5.41 Å². The van der Waals surface area contributed by atoms with Gasteiger partial charge in [-0.15, -0.1) is 0 Å². The number of ketones is 1. The van der Waals surface area contributed by atoms with Gasteiger partial charge in [0, 0.05) is 6.42 Å². The SMILES string of the molecule is CC(C)(C)CC(=O)CC(N)=O. The summed E-state index contributed by atoms with van der Waals surface area (Å²) in [5.74, 6) is -0.621. The fraction of sp³-hybridized carbons (Fsp3) is 0.750. The zero-order valence-electron chi connectivity index (χ0n) is 7.31. The number of carbonyl (C=O) groups excluding carboxylic acids is 2. The van der Waals surface area contributed by atoms with Crippen molar-refractivity contribution in [3.05, 3.63) is 0 Å². The van der Waals surface area contributed by atoms with Crippen LogP contribution in [0.1, 0.15) is 33.6 Å². The van der Waals surface area contributed by atoms with Crippen molar-refractivity contribution in [2.75, 3.05) is 0 Å². The van der Waals surface area contributed by atoms with Gasteiger partial charge in [-0.05, 0) is 5.41 Å². The fourth-order valence-electron chi connectivity index (χ4n) is 0.848. The summed E-state index contributed by atoms with van der Waals surface area (Å²) in [6.45, 7) is 5.85. The van der Waals surface area contributed by atoms with Crippen LogP contribution in [0.5, 0.6) is 0 Å². The van der Waals surface area contributed by atoms with E-state index in [1.165, 1.54) is 0 Å². The summed E-state index contributed by atoms with van der Waals surface area (Å²) in [5.41, 5.74) is 4.80. The normalized spacial score (nSPS) is 11.2. The third-order valence-electron chi connectivity index (χ3n) is 1.10. The molecule has 0 aliphatic rings. The smallest absolute Gasteiger partial charge is 0.224 e. The zero-order valence-corrected chi connectivity index (χ0v) is 7.31. The molecule has 1 amide bonds. The van der Waals surface area contributed by atoms with Gasteiger partial charge in [-0.3, -0.25) is 9.59 Å². The first-order valence-electron chi connectivity index (χ1n) is 3.61. The Morgan fingerprint density at radius 2 is 1.73 bits per heavy atom. The predicted octanol–water partition coefficient (Wildman–Crippen LogP) is 0.867. The Morgan fingerprint density at radius 1 is 1.27 bits per heavy atom. The van der Waals surface area contributed by atoms with Crippen molar-refractivity contribution in [3.63, 3.8) is 0 Å². The Labute approximate surface area is 67.0 Å². The molecule has 0 aliphatic heterocycles. The van der Waals surface area contributed by atoms with Crippen LogP contribution in [0.2, 0.25) is 0 Å². The molecule has 0 heterocycles. The van der Waals surface area contributed by atoms with Crippen LogP contribution in [0.15, 0.2) is 0 Å². The second-order valence-electron chi connectivity index (χ2n) is 3.92. The third-order valence-corrected chi connectivity index (χ3v) is 1.10. The molecule has 3 nitrogen and oxygen atoms in total. The van der Waals surface area contributed by atoms with Gasteiger partial charge < -0.3 is 5.73 Å². The molecule has 0 atom stereocenters. The number of amides is 1. The number of hydrogen-bond acceptors (Lipinski definition) is 2. The second-order valence-corrected chi connectivity index (χ2v) is 3.92. The molecule has 0 fully saturated rings. The highest BCUT2D eigenvalue weighted by Crippen LogP contribution is 2.19. The standard InChI is InChI=1S/C8H15NO2/c1-8(2,3)5-6(10)4-7(9)11/h4-5H2,1-3H3,(H2,9,11). The number of hydrogen-bond donors (Lipinski definition) is 1. The molecule has 0 bridgehead atoms. The minimum absolute atomic E-state index is 0.0491. The van der Waals surface area contributed by atoms with Crippen molar-refractivity contribution in [1.29, 1.82) is 0 Å². The Kier molecular flexibility index (Phi) is 3.23. The van der Waals surface area contributed by atoms with Gasteiger partial charge >= 0.3 is 0 Å². The van der Waals surface area contributed by atoms with E-state index >= 15 is 0 Å². The Hall–Kier alpha value is -0.860. The maximum atomic E-state index is 11.0. The quantitative estimate of drug-likeness (QED) is 0.618. The molecule has 0 radical (unpaired) electrons. The van der Waals surface area contributed by atoms with Gasteiger partial charge in [0.25, 0.3) is 0 Å². The van der Waals surface area contributed by atoms with E-state index in [4.69, 9.17) is 5.73 Å². The van der Waals surface area contributed by atoms with Crippen molar-refractivity contribution in [1.82, 2.24) is 0 Å². The molecule has 0 aromatic heterocycles. The average molecular weight is 157 g/mol. The lowest BCUT2D eigenvalue weighted by molar-refractivity contribution is -0.127. The van der Waals surface area contributed by atoms with Crippen molar-refractivity contribution < 1.29 is 9.59 Å². The molecule has 0 rings (SSSR count). The van der Waals surface area contributed by atoms with Crippen LogP contribution in [0.3, 0.4) is 0 Å². The summed E-state index contributed by atoms with van der Waals surface area (Å²) in [5, 5.41) is 0. The topological polar surface area (TPSA) is 60.2 Å². The van der Waals surface area contributed by atoms with Gasteiger partial charge in [0.15, 0.2) is 0 Å². The van der Waals surface area contributed by atoms with Crippen LogP contribution in [-0.4, -0.2) is 11.7 Å². The van der Waals surface area contributed by atoms with Gasteiger partial charge in [0.1, 0.15) is 5.78 Å². The van der Waals surface area contributed by atoms with Crippen LogP contribution in [0.4, 0.5) is 0 Å². The molecule has 64 valence electrons. The van der Waals surface area contributed by atoms with Crippen molar-refractivity contribution in [2.45, 2.75) is 33.6 Å². The summed E-state index contributed by atoms with van der Waals surface area (Å²) in [4.78, 5) is 21.3. The van der Waals surface area contributed by atoms with Crippen LogP contribution in [0.25, 0.3) is 0 Å². The van der Waals surface area contributed by atoms with Gasteiger partial charge in [-0.25, -0.2) is 0 Å². The lowest BCUT2D eigenvalue weighted by atomic mass is 9.89. The Bertz CT molecular complexity index is 167. The first kappa shape index (κ1) is 10.1.